The molecule has 1 saturated heterocycles. The Labute approximate surface area is 172 Å². The quantitative estimate of drug-likeness (QED) is 0.763. The van der Waals surface area contributed by atoms with Crippen molar-refractivity contribution in [1.82, 2.24) is 9.21 Å². The fourth-order valence-electron chi connectivity index (χ4n) is 3.20. The Morgan fingerprint density at radius 1 is 1.00 bits per heavy atom. The summed E-state index contributed by atoms with van der Waals surface area (Å²) in [6.45, 7) is 6.59. The molecule has 148 valence electrons. The van der Waals surface area contributed by atoms with Crippen LogP contribution in [-0.4, -0.2) is 50.8 Å². The first-order valence-electron chi connectivity index (χ1n) is 9.29. The highest BCUT2D eigenvalue weighted by atomic mass is 32.2. The molecule has 1 fully saturated rings. The van der Waals surface area contributed by atoms with Gasteiger partial charge in [0.15, 0.2) is 0 Å². The van der Waals surface area contributed by atoms with Crippen molar-refractivity contribution in [2.75, 3.05) is 33.2 Å². The van der Waals surface area contributed by atoms with Gasteiger partial charge in [-0.3, -0.25) is 0 Å². The second-order valence-electron chi connectivity index (χ2n) is 7.21. The molecular weight excluding hydrogens is 390 g/mol. The molecule has 28 heavy (non-hydrogen) atoms. The molecule has 0 aromatic heterocycles. The number of benzene rings is 2. The zero-order chi connectivity index (χ0) is 20.3. The van der Waals surface area contributed by atoms with Crippen LogP contribution in [0.15, 0.2) is 51.1 Å². The first-order chi connectivity index (χ1) is 13.3. The molecule has 0 radical (unpaired) electrons. The Hall–Kier alpha value is -1.85. The Morgan fingerprint density at radius 2 is 1.79 bits per heavy atom. The predicted octanol–water partition coefficient (Wildman–Crippen LogP) is 3.65. The van der Waals surface area contributed by atoms with E-state index in [9.17, 15) is 13.7 Å². The molecule has 2 aromatic carbocycles. The van der Waals surface area contributed by atoms with Gasteiger partial charge in [0.1, 0.15) is 0 Å². The zero-order valence-electron chi connectivity index (χ0n) is 16.5. The van der Waals surface area contributed by atoms with E-state index in [1.165, 1.54) is 17.8 Å². The molecule has 0 aliphatic carbocycles. The fourth-order valence-corrected chi connectivity index (χ4v) is 6.22. The Bertz CT molecular complexity index is 1010. The van der Waals surface area contributed by atoms with Gasteiger partial charge < -0.3 is 4.90 Å². The van der Waals surface area contributed by atoms with Crippen LogP contribution in [0.5, 0.6) is 0 Å². The molecule has 2 aromatic rings. The summed E-state index contributed by atoms with van der Waals surface area (Å²) < 4.78 is 28.5. The topological polar surface area (TPSA) is 64.4 Å². The van der Waals surface area contributed by atoms with Crippen LogP contribution in [0.3, 0.4) is 0 Å². The second kappa shape index (κ2) is 8.66. The van der Waals surface area contributed by atoms with Crippen molar-refractivity contribution in [1.29, 1.82) is 5.26 Å². The molecule has 1 aliphatic rings. The molecule has 0 N–H and O–H groups in total. The van der Waals surface area contributed by atoms with Crippen LogP contribution in [0.25, 0.3) is 0 Å². The number of rotatable bonds is 4. The molecular formula is C21H25N3O2S2. The van der Waals surface area contributed by atoms with E-state index in [1.807, 2.05) is 33.0 Å². The molecule has 1 heterocycles. The van der Waals surface area contributed by atoms with Crippen LogP contribution >= 0.6 is 11.8 Å². The van der Waals surface area contributed by atoms with Crippen LogP contribution in [-0.2, 0) is 10.0 Å². The van der Waals surface area contributed by atoms with Crippen molar-refractivity contribution in [2.45, 2.75) is 35.0 Å². The summed E-state index contributed by atoms with van der Waals surface area (Å²) in [4.78, 5) is 4.05. The highest BCUT2D eigenvalue weighted by molar-refractivity contribution is 8.00. The molecule has 3 rings (SSSR count). The van der Waals surface area contributed by atoms with E-state index in [4.69, 9.17) is 0 Å². The Morgan fingerprint density at radius 3 is 2.54 bits per heavy atom. The normalized spacial score (nSPS) is 16.5. The van der Waals surface area contributed by atoms with Crippen LogP contribution in [0.2, 0.25) is 0 Å². The van der Waals surface area contributed by atoms with Crippen LogP contribution in [0, 0.1) is 25.2 Å². The van der Waals surface area contributed by atoms with Gasteiger partial charge in [-0.2, -0.15) is 9.57 Å². The zero-order valence-corrected chi connectivity index (χ0v) is 18.1. The van der Waals surface area contributed by atoms with E-state index in [2.05, 4.69) is 17.0 Å². The molecule has 0 unspecified atom stereocenters. The minimum Gasteiger partial charge on any atom is -0.305 e. The van der Waals surface area contributed by atoms with Gasteiger partial charge in [-0.1, -0.05) is 23.9 Å². The van der Waals surface area contributed by atoms with E-state index in [-0.39, 0.29) is 4.90 Å². The number of likely N-dealkylation sites (N-methyl/N-ethyl adjacent to an activating group) is 1. The summed E-state index contributed by atoms with van der Waals surface area (Å²) in [5.74, 6) is 0. The van der Waals surface area contributed by atoms with Gasteiger partial charge in [-0.15, -0.1) is 0 Å². The van der Waals surface area contributed by atoms with Crippen LogP contribution in [0.4, 0.5) is 0 Å². The lowest BCUT2D eigenvalue weighted by Gasteiger charge is -2.22. The lowest BCUT2D eigenvalue weighted by Crippen LogP contribution is -2.34. The number of sulfonamides is 1. The average Bonchev–Trinajstić information content (AvgIpc) is 2.90. The van der Waals surface area contributed by atoms with E-state index >= 15 is 0 Å². The molecule has 0 amide bonds. The molecule has 7 heteroatoms. The van der Waals surface area contributed by atoms with Gasteiger partial charge in [-0.25, -0.2) is 8.42 Å². The third kappa shape index (κ3) is 4.58. The summed E-state index contributed by atoms with van der Waals surface area (Å²) >= 11 is 1.45. The maximum absolute atomic E-state index is 13.5. The van der Waals surface area contributed by atoms with Gasteiger partial charge in [0.25, 0.3) is 0 Å². The van der Waals surface area contributed by atoms with Crippen molar-refractivity contribution in [3.05, 3.63) is 53.1 Å². The van der Waals surface area contributed by atoms with Crippen LogP contribution < -0.4 is 0 Å². The largest absolute Gasteiger partial charge is 0.305 e. The highest BCUT2D eigenvalue weighted by Gasteiger charge is 2.29. The number of aryl methyl sites for hydroxylation is 2. The lowest BCUT2D eigenvalue weighted by atomic mass is 10.2. The SMILES string of the molecule is Cc1ccc(C)c(Sc2ccc(C#N)cc2S(=O)(=O)N2CCCN(C)CC2)c1. The Kier molecular flexibility index (Phi) is 6.46. The summed E-state index contributed by atoms with van der Waals surface area (Å²) in [6.07, 6.45) is 0.799. The van der Waals surface area contributed by atoms with Gasteiger partial charge >= 0.3 is 0 Å². The average molecular weight is 416 g/mol. The number of nitrogens with zero attached hydrogens (tertiary/aromatic N) is 3. The molecule has 5 nitrogen and oxygen atoms in total. The Balaban J connectivity index is 2.03. The highest BCUT2D eigenvalue weighted by Crippen LogP contribution is 2.37. The first-order valence-corrected chi connectivity index (χ1v) is 11.5. The number of nitriles is 1. The summed E-state index contributed by atoms with van der Waals surface area (Å²) in [6, 6.07) is 13.2. The predicted molar refractivity (Wildman–Crippen MR) is 112 cm³/mol. The summed E-state index contributed by atoms with van der Waals surface area (Å²) in [5.41, 5.74) is 2.58. The van der Waals surface area contributed by atoms with Crippen molar-refractivity contribution in [3.63, 3.8) is 0 Å². The van der Waals surface area contributed by atoms with E-state index < -0.39 is 10.0 Å². The van der Waals surface area contributed by atoms with Gasteiger partial charge in [0, 0.05) is 29.4 Å². The van der Waals surface area contributed by atoms with Crippen molar-refractivity contribution in [3.8, 4) is 6.07 Å². The number of hydrogen-bond donors (Lipinski definition) is 0. The third-order valence-electron chi connectivity index (χ3n) is 4.93. The van der Waals surface area contributed by atoms with Gasteiger partial charge in [-0.05, 0) is 69.3 Å². The van der Waals surface area contributed by atoms with Crippen molar-refractivity contribution < 1.29 is 8.42 Å². The monoisotopic (exact) mass is 415 g/mol. The van der Waals surface area contributed by atoms with Crippen LogP contribution in [0.1, 0.15) is 23.1 Å². The van der Waals surface area contributed by atoms with E-state index in [0.29, 0.717) is 30.1 Å². The standard InChI is InChI=1S/C21H25N3O2S2/c1-16-5-6-17(2)20(13-16)27-19-8-7-18(15-22)14-21(19)28(25,26)24-10-4-9-23(3)11-12-24/h5-8,13-14H,4,9-12H2,1-3H3. The van der Waals surface area contributed by atoms with Gasteiger partial charge in [0.2, 0.25) is 10.0 Å². The van der Waals surface area contributed by atoms with Gasteiger partial charge in [0.05, 0.1) is 16.5 Å². The minimum atomic E-state index is -3.68. The molecule has 1 aliphatic heterocycles. The smallest absolute Gasteiger partial charge is 0.244 e. The van der Waals surface area contributed by atoms with Crippen molar-refractivity contribution >= 4 is 21.8 Å². The number of hydrogen-bond acceptors (Lipinski definition) is 5. The maximum atomic E-state index is 13.5. The molecule has 0 bridgehead atoms. The third-order valence-corrected chi connectivity index (χ3v) is 8.24. The second-order valence-corrected chi connectivity index (χ2v) is 10.2. The minimum absolute atomic E-state index is 0.224. The summed E-state index contributed by atoms with van der Waals surface area (Å²) in [5, 5.41) is 9.31. The van der Waals surface area contributed by atoms with E-state index in [0.717, 1.165) is 29.0 Å². The van der Waals surface area contributed by atoms with Crippen molar-refractivity contribution in [2.24, 2.45) is 0 Å². The summed E-state index contributed by atoms with van der Waals surface area (Å²) in [7, 11) is -1.67. The molecule has 0 atom stereocenters. The molecule has 0 saturated carbocycles. The first kappa shape index (κ1) is 20.9. The molecule has 0 spiro atoms. The lowest BCUT2D eigenvalue weighted by molar-refractivity contribution is 0.347. The maximum Gasteiger partial charge on any atom is 0.244 e. The fraction of sp³-hybridized carbons (Fsp3) is 0.381. The van der Waals surface area contributed by atoms with E-state index in [1.54, 1.807) is 16.4 Å².